The summed E-state index contributed by atoms with van der Waals surface area (Å²) in [4.78, 5) is 19.6. The first-order chi connectivity index (χ1) is 13.2. The maximum absolute atomic E-state index is 12.6. The van der Waals surface area contributed by atoms with Crippen LogP contribution in [0.4, 0.5) is 0 Å². The molecule has 2 fully saturated rings. The number of hydrogen-bond acceptors (Lipinski definition) is 6. The Kier molecular flexibility index (Phi) is 4.25. The molecule has 4 heterocycles. The highest BCUT2D eigenvalue weighted by Crippen LogP contribution is 2.37. The molecule has 5 nitrogen and oxygen atoms in total. The number of aryl methyl sites for hydroxylation is 1. The maximum atomic E-state index is 12.6. The summed E-state index contributed by atoms with van der Waals surface area (Å²) in [7, 11) is 0. The zero-order valence-corrected chi connectivity index (χ0v) is 16.2. The van der Waals surface area contributed by atoms with E-state index in [0.29, 0.717) is 25.0 Å². The number of carbonyl (C=O) groups excluding carboxylic acids is 1. The summed E-state index contributed by atoms with van der Waals surface area (Å²) >= 11 is 1.59. The molecular weight excluding hydrogens is 356 g/mol. The van der Waals surface area contributed by atoms with E-state index in [1.807, 2.05) is 19.2 Å². The second-order valence-electron chi connectivity index (χ2n) is 7.71. The van der Waals surface area contributed by atoms with E-state index >= 15 is 0 Å². The van der Waals surface area contributed by atoms with Crippen LogP contribution in [0.25, 0.3) is 21.3 Å². The molecule has 2 aromatic heterocycles. The number of nitrogens with zero attached hydrogens (tertiary/aromatic N) is 4. The minimum Gasteiger partial charge on any atom is -0.298 e. The van der Waals surface area contributed by atoms with Gasteiger partial charge in [-0.25, -0.2) is 0 Å². The quantitative estimate of drug-likeness (QED) is 0.676. The average molecular weight is 379 g/mol. The van der Waals surface area contributed by atoms with Gasteiger partial charge in [0.05, 0.1) is 13.0 Å². The molecule has 0 aliphatic carbocycles. The minimum atomic E-state index is 0.275. The predicted octanol–water partition coefficient (Wildman–Crippen LogP) is 3.80. The van der Waals surface area contributed by atoms with E-state index in [1.54, 1.807) is 11.3 Å². The molecule has 3 aromatic rings. The second kappa shape index (κ2) is 6.77. The summed E-state index contributed by atoms with van der Waals surface area (Å²) in [5, 5.41) is 12.4. The lowest BCUT2D eigenvalue weighted by atomic mass is 10.0. The molecule has 0 radical (unpaired) electrons. The number of ketones is 1. The lowest BCUT2D eigenvalue weighted by Gasteiger charge is -2.20. The average Bonchev–Trinajstić information content (AvgIpc) is 3.37. The van der Waals surface area contributed by atoms with Gasteiger partial charge >= 0.3 is 0 Å². The molecule has 0 unspecified atom stereocenters. The predicted molar refractivity (Wildman–Crippen MR) is 107 cm³/mol. The van der Waals surface area contributed by atoms with Crippen LogP contribution >= 0.6 is 11.3 Å². The third-order valence-corrected chi connectivity index (χ3v) is 6.78. The summed E-state index contributed by atoms with van der Waals surface area (Å²) in [6.45, 7) is 2.54. The van der Waals surface area contributed by atoms with Gasteiger partial charge in [-0.1, -0.05) is 23.5 Å². The third-order valence-electron chi connectivity index (χ3n) is 5.89. The van der Waals surface area contributed by atoms with E-state index < -0.39 is 0 Å². The molecule has 0 spiro atoms. The summed E-state index contributed by atoms with van der Waals surface area (Å²) in [5.74, 6) is 0.275. The third kappa shape index (κ3) is 3.28. The molecule has 1 aromatic carbocycles. The van der Waals surface area contributed by atoms with Crippen molar-refractivity contribution in [2.75, 3.05) is 6.54 Å². The standard InChI is InChI=1S/C21H22N4OS/c1-13-23-24-21(27-13)14-2-3-15-11-22-17(9-16(15)8-14)10-20(26)12-25-18-4-5-19(25)7-6-18/h2-3,8-9,11,18-19H,4-7,10,12H2,1H3. The molecule has 2 aliphatic rings. The van der Waals surface area contributed by atoms with Crippen molar-refractivity contribution in [3.63, 3.8) is 0 Å². The smallest absolute Gasteiger partial charge is 0.152 e. The van der Waals surface area contributed by atoms with Crippen molar-refractivity contribution in [3.05, 3.63) is 41.2 Å². The highest BCUT2D eigenvalue weighted by molar-refractivity contribution is 7.14. The van der Waals surface area contributed by atoms with Crippen LogP contribution in [0.2, 0.25) is 0 Å². The normalized spacial score (nSPS) is 22.0. The van der Waals surface area contributed by atoms with Crippen molar-refractivity contribution in [2.24, 2.45) is 0 Å². The summed E-state index contributed by atoms with van der Waals surface area (Å²) in [6, 6.07) is 9.55. The first-order valence-electron chi connectivity index (χ1n) is 9.62. The zero-order chi connectivity index (χ0) is 18.4. The van der Waals surface area contributed by atoms with E-state index in [0.717, 1.165) is 32.0 Å². The Morgan fingerprint density at radius 1 is 1.11 bits per heavy atom. The van der Waals surface area contributed by atoms with Crippen LogP contribution in [0.3, 0.4) is 0 Å². The van der Waals surface area contributed by atoms with Crippen LogP contribution in [0.15, 0.2) is 30.5 Å². The fourth-order valence-corrected chi connectivity index (χ4v) is 5.26. The molecule has 0 saturated carbocycles. The topological polar surface area (TPSA) is 59.0 Å². The Balaban J connectivity index is 1.35. The van der Waals surface area contributed by atoms with Gasteiger partial charge in [0, 0.05) is 34.9 Å². The maximum Gasteiger partial charge on any atom is 0.152 e. The molecule has 138 valence electrons. The molecule has 5 rings (SSSR count). The molecule has 0 atom stereocenters. The molecule has 6 heteroatoms. The summed E-state index contributed by atoms with van der Waals surface area (Å²) in [6.07, 6.45) is 7.33. The van der Waals surface area contributed by atoms with Crippen LogP contribution < -0.4 is 0 Å². The molecule has 27 heavy (non-hydrogen) atoms. The fraction of sp³-hybridized carbons (Fsp3) is 0.429. The van der Waals surface area contributed by atoms with Crippen LogP contribution in [0.1, 0.15) is 36.4 Å². The largest absolute Gasteiger partial charge is 0.298 e. The van der Waals surface area contributed by atoms with E-state index in [9.17, 15) is 4.79 Å². The highest BCUT2D eigenvalue weighted by atomic mass is 32.1. The fourth-order valence-electron chi connectivity index (χ4n) is 4.57. The van der Waals surface area contributed by atoms with Gasteiger partial charge in [0.15, 0.2) is 5.78 Å². The van der Waals surface area contributed by atoms with E-state index in [2.05, 4.69) is 38.3 Å². The summed E-state index contributed by atoms with van der Waals surface area (Å²) in [5.41, 5.74) is 1.91. The van der Waals surface area contributed by atoms with Crippen LogP contribution in [0, 0.1) is 6.92 Å². The van der Waals surface area contributed by atoms with Crippen LogP contribution in [0.5, 0.6) is 0 Å². The number of pyridine rings is 1. The lowest BCUT2D eigenvalue weighted by molar-refractivity contribution is -0.119. The molecule has 0 amide bonds. The summed E-state index contributed by atoms with van der Waals surface area (Å²) < 4.78 is 0. The van der Waals surface area contributed by atoms with Gasteiger partial charge in [-0.3, -0.25) is 14.7 Å². The molecule has 2 aliphatic heterocycles. The van der Waals surface area contributed by atoms with Gasteiger partial charge in [-0.15, -0.1) is 10.2 Å². The minimum absolute atomic E-state index is 0.275. The lowest BCUT2D eigenvalue weighted by Crippen LogP contribution is -2.34. The number of rotatable bonds is 5. The number of Topliss-reactive ketones (excluding diaryl/α,β-unsaturated/α-hetero) is 1. The Morgan fingerprint density at radius 2 is 1.89 bits per heavy atom. The van der Waals surface area contributed by atoms with Crippen molar-refractivity contribution in [1.29, 1.82) is 0 Å². The first kappa shape index (κ1) is 17.0. The molecule has 2 saturated heterocycles. The van der Waals surface area contributed by atoms with Gasteiger partial charge in [0.1, 0.15) is 10.0 Å². The highest BCUT2D eigenvalue weighted by Gasteiger charge is 2.39. The van der Waals surface area contributed by atoms with Crippen LogP contribution in [-0.4, -0.2) is 44.5 Å². The number of fused-ring (bicyclic) bond motifs is 3. The first-order valence-corrected chi connectivity index (χ1v) is 10.4. The zero-order valence-electron chi connectivity index (χ0n) is 15.4. The number of hydrogen-bond donors (Lipinski definition) is 0. The van der Waals surface area contributed by atoms with Crippen LogP contribution in [-0.2, 0) is 11.2 Å². The second-order valence-corrected chi connectivity index (χ2v) is 8.90. The Bertz CT molecular complexity index is 994. The van der Waals surface area contributed by atoms with E-state index in [1.165, 1.54) is 25.7 Å². The molecule has 0 N–H and O–H groups in total. The van der Waals surface area contributed by atoms with Crippen molar-refractivity contribution in [1.82, 2.24) is 20.1 Å². The van der Waals surface area contributed by atoms with Gasteiger partial charge in [-0.2, -0.15) is 0 Å². The number of benzene rings is 1. The van der Waals surface area contributed by atoms with Crippen molar-refractivity contribution < 1.29 is 4.79 Å². The van der Waals surface area contributed by atoms with Crippen molar-refractivity contribution in [3.8, 4) is 10.6 Å². The Morgan fingerprint density at radius 3 is 2.59 bits per heavy atom. The SMILES string of the molecule is Cc1nnc(-c2ccc3cnc(CC(=O)CN4C5CCC4CC5)cc3c2)s1. The van der Waals surface area contributed by atoms with Gasteiger partial charge in [-0.05, 0) is 50.1 Å². The van der Waals surface area contributed by atoms with Gasteiger partial charge < -0.3 is 0 Å². The Labute approximate surface area is 162 Å². The van der Waals surface area contributed by atoms with E-state index in [4.69, 9.17) is 0 Å². The van der Waals surface area contributed by atoms with Crippen molar-refractivity contribution in [2.45, 2.75) is 51.1 Å². The number of aromatic nitrogens is 3. The van der Waals surface area contributed by atoms with Gasteiger partial charge in [0.25, 0.3) is 0 Å². The van der Waals surface area contributed by atoms with Crippen molar-refractivity contribution >= 4 is 27.9 Å². The Hall–Kier alpha value is -2.18. The monoisotopic (exact) mass is 378 g/mol. The molecule has 2 bridgehead atoms. The molecular formula is C21H22N4OS. The van der Waals surface area contributed by atoms with E-state index in [-0.39, 0.29) is 5.78 Å². The number of carbonyl (C=O) groups is 1. The van der Waals surface area contributed by atoms with Gasteiger partial charge in [0.2, 0.25) is 0 Å².